The molecule has 0 saturated carbocycles. The zero-order valence-electron chi connectivity index (χ0n) is 6.42. The predicted molar refractivity (Wildman–Crippen MR) is 47.7 cm³/mol. The Hall–Kier alpha value is -0.670. The van der Waals surface area contributed by atoms with Crippen LogP contribution in [0.25, 0.3) is 5.57 Å². The van der Waals surface area contributed by atoms with E-state index in [1.165, 1.54) is 10.6 Å². The Bertz CT molecular complexity index is 288. The lowest BCUT2D eigenvalue weighted by Gasteiger charge is -1.92. The number of nitrogens with zero attached hydrogens (tertiary/aromatic N) is 1. The van der Waals surface area contributed by atoms with Gasteiger partial charge in [0.05, 0.1) is 0 Å². The average Bonchev–Trinajstić information content (AvgIpc) is 2.55. The van der Waals surface area contributed by atoms with Crippen LogP contribution in [0, 0.1) is 6.92 Å². The van der Waals surface area contributed by atoms with Crippen LogP contribution >= 0.6 is 11.3 Å². The summed E-state index contributed by atoms with van der Waals surface area (Å²) in [6, 6.07) is 0. The molecular formula is C8H10N2S. The van der Waals surface area contributed by atoms with Gasteiger partial charge in [0.15, 0.2) is 0 Å². The van der Waals surface area contributed by atoms with Gasteiger partial charge in [-0.05, 0) is 12.5 Å². The second kappa shape index (κ2) is 2.75. The summed E-state index contributed by atoms with van der Waals surface area (Å²) in [5.74, 6) is 0. The molecule has 0 radical (unpaired) electrons. The van der Waals surface area contributed by atoms with Crippen molar-refractivity contribution in [2.75, 3.05) is 13.1 Å². The molecule has 0 fully saturated rings. The molecule has 0 aliphatic carbocycles. The van der Waals surface area contributed by atoms with Gasteiger partial charge in [0, 0.05) is 24.2 Å². The van der Waals surface area contributed by atoms with Crippen LogP contribution in [-0.4, -0.2) is 18.1 Å². The van der Waals surface area contributed by atoms with Gasteiger partial charge >= 0.3 is 0 Å². The van der Waals surface area contributed by atoms with Crippen LogP contribution in [0.4, 0.5) is 0 Å². The lowest BCUT2D eigenvalue weighted by atomic mass is 10.3. The molecule has 1 aromatic rings. The summed E-state index contributed by atoms with van der Waals surface area (Å²) in [4.78, 5) is 4.40. The summed E-state index contributed by atoms with van der Waals surface area (Å²) in [5.41, 5.74) is 2.47. The summed E-state index contributed by atoms with van der Waals surface area (Å²) in [6.45, 7) is 4.00. The SMILES string of the molecule is Cc1csc(C2=CCNC2)n1. The standard InChI is InChI=1S/C8H10N2S/c1-6-5-11-8(10-6)7-2-3-9-4-7/h2,5,9H,3-4H2,1H3. The van der Waals surface area contributed by atoms with Gasteiger partial charge in [0.2, 0.25) is 0 Å². The van der Waals surface area contributed by atoms with Crippen LogP contribution in [0.15, 0.2) is 11.5 Å². The quantitative estimate of drug-likeness (QED) is 0.683. The van der Waals surface area contributed by atoms with Crippen molar-refractivity contribution in [3.05, 3.63) is 22.2 Å². The zero-order chi connectivity index (χ0) is 7.68. The Morgan fingerprint density at radius 3 is 3.09 bits per heavy atom. The van der Waals surface area contributed by atoms with Crippen LogP contribution < -0.4 is 5.32 Å². The van der Waals surface area contributed by atoms with Gasteiger partial charge in [-0.2, -0.15) is 0 Å². The molecule has 11 heavy (non-hydrogen) atoms. The third kappa shape index (κ3) is 1.34. The Balaban J connectivity index is 2.28. The van der Waals surface area contributed by atoms with Crippen molar-refractivity contribution in [2.45, 2.75) is 6.92 Å². The van der Waals surface area contributed by atoms with E-state index in [1.807, 2.05) is 6.92 Å². The van der Waals surface area contributed by atoms with Gasteiger partial charge in [0.1, 0.15) is 5.01 Å². The number of aromatic nitrogens is 1. The van der Waals surface area contributed by atoms with E-state index in [4.69, 9.17) is 0 Å². The van der Waals surface area contributed by atoms with Gasteiger partial charge < -0.3 is 5.32 Å². The maximum atomic E-state index is 4.40. The molecule has 2 nitrogen and oxygen atoms in total. The van der Waals surface area contributed by atoms with Crippen molar-refractivity contribution in [3.63, 3.8) is 0 Å². The minimum absolute atomic E-state index is 0.979. The van der Waals surface area contributed by atoms with E-state index < -0.39 is 0 Å². The fraction of sp³-hybridized carbons (Fsp3) is 0.375. The summed E-state index contributed by atoms with van der Waals surface area (Å²) in [5, 5.41) is 6.52. The van der Waals surface area contributed by atoms with E-state index in [0.717, 1.165) is 18.8 Å². The summed E-state index contributed by atoms with van der Waals surface area (Å²) >= 11 is 1.73. The molecule has 0 bridgehead atoms. The Kier molecular flexibility index (Phi) is 1.75. The molecule has 0 atom stereocenters. The number of aryl methyl sites for hydroxylation is 1. The van der Waals surface area contributed by atoms with Crippen LogP contribution in [-0.2, 0) is 0 Å². The molecule has 2 heterocycles. The summed E-state index contributed by atoms with van der Waals surface area (Å²) in [6.07, 6.45) is 2.21. The molecular weight excluding hydrogens is 156 g/mol. The highest BCUT2D eigenvalue weighted by atomic mass is 32.1. The number of hydrogen-bond acceptors (Lipinski definition) is 3. The largest absolute Gasteiger partial charge is 0.309 e. The maximum Gasteiger partial charge on any atom is 0.120 e. The second-order valence-electron chi connectivity index (χ2n) is 2.65. The summed E-state index contributed by atoms with van der Waals surface area (Å²) < 4.78 is 0. The summed E-state index contributed by atoms with van der Waals surface area (Å²) in [7, 11) is 0. The Morgan fingerprint density at radius 1 is 1.64 bits per heavy atom. The molecule has 2 rings (SSSR count). The zero-order valence-corrected chi connectivity index (χ0v) is 7.24. The van der Waals surface area contributed by atoms with E-state index in [0.29, 0.717) is 0 Å². The molecule has 0 aromatic carbocycles. The van der Waals surface area contributed by atoms with E-state index in [-0.39, 0.29) is 0 Å². The highest BCUT2D eigenvalue weighted by Gasteiger charge is 2.08. The lowest BCUT2D eigenvalue weighted by Crippen LogP contribution is -2.07. The highest BCUT2D eigenvalue weighted by molar-refractivity contribution is 7.10. The number of thiazole rings is 1. The molecule has 0 saturated heterocycles. The van der Waals surface area contributed by atoms with Crippen molar-refractivity contribution in [2.24, 2.45) is 0 Å². The highest BCUT2D eigenvalue weighted by Crippen LogP contribution is 2.19. The third-order valence-corrected chi connectivity index (χ3v) is 2.74. The van der Waals surface area contributed by atoms with E-state index in [2.05, 4.69) is 21.8 Å². The second-order valence-corrected chi connectivity index (χ2v) is 3.51. The van der Waals surface area contributed by atoms with Crippen molar-refractivity contribution >= 4 is 16.9 Å². The van der Waals surface area contributed by atoms with Crippen LogP contribution in [0.1, 0.15) is 10.7 Å². The smallest absolute Gasteiger partial charge is 0.120 e. The first kappa shape index (κ1) is 7.00. The predicted octanol–water partition coefficient (Wildman–Crippen LogP) is 1.44. The van der Waals surface area contributed by atoms with Gasteiger partial charge in [-0.15, -0.1) is 11.3 Å². The van der Waals surface area contributed by atoms with E-state index in [1.54, 1.807) is 11.3 Å². The van der Waals surface area contributed by atoms with Crippen molar-refractivity contribution in [3.8, 4) is 0 Å². The van der Waals surface area contributed by atoms with Crippen LogP contribution in [0.3, 0.4) is 0 Å². The molecule has 1 aliphatic heterocycles. The van der Waals surface area contributed by atoms with Gasteiger partial charge in [-0.1, -0.05) is 6.08 Å². The number of hydrogen-bond donors (Lipinski definition) is 1. The Morgan fingerprint density at radius 2 is 2.55 bits per heavy atom. The van der Waals surface area contributed by atoms with Crippen molar-refractivity contribution in [1.82, 2.24) is 10.3 Å². The van der Waals surface area contributed by atoms with Crippen molar-refractivity contribution < 1.29 is 0 Å². The molecule has 1 aliphatic rings. The molecule has 3 heteroatoms. The fourth-order valence-corrected chi connectivity index (χ4v) is 1.98. The minimum atomic E-state index is 0.979. The number of nitrogens with one attached hydrogen (secondary N) is 1. The third-order valence-electron chi connectivity index (χ3n) is 1.70. The lowest BCUT2D eigenvalue weighted by molar-refractivity contribution is 0.896. The fourth-order valence-electron chi connectivity index (χ4n) is 1.14. The molecule has 0 unspecified atom stereocenters. The van der Waals surface area contributed by atoms with Crippen molar-refractivity contribution in [1.29, 1.82) is 0 Å². The Labute approximate surface area is 70.0 Å². The molecule has 0 amide bonds. The van der Waals surface area contributed by atoms with Gasteiger partial charge in [-0.3, -0.25) is 0 Å². The van der Waals surface area contributed by atoms with Gasteiger partial charge in [0.25, 0.3) is 0 Å². The first-order valence-electron chi connectivity index (χ1n) is 3.68. The van der Waals surface area contributed by atoms with Crippen LogP contribution in [0.5, 0.6) is 0 Å². The first-order valence-corrected chi connectivity index (χ1v) is 4.56. The van der Waals surface area contributed by atoms with E-state index >= 15 is 0 Å². The molecule has 1 N–H and O–H groups in total. The monoisotopic (exact) mass is 166 g/mol. The topological polar surface area (TPSA) is 24.9 Å². The average molecular weight is 166 g/mol. The van der Waals surface area contributed by atoms with Crippen LogP contribution in [0.2, 0.25) is 0 Å². The number of rotatable bonds is 1. The van der Waals surface area contributed by atoms with Gasteiger partial charge in [-0.25, -0.2) is 4.98 Å². The minimum Gasteiger partial charge on any atom is -0.309 e. The molecule has 58 valence electrons. The van der Waals surface area contributed by atoms with E-state index in [9.17, 15) is 0 Å². The maximum absolute atomic E-state index is 4.40. The normalized spacial score (nSPS) is 17.0. The molecule has 1 aromatic heterocycles. The first-order chi connectivity index (χ1) is 5.36. The molecule has 0 spiro atoms.